The highest BCUT2D eigenvalue weighted by Gasteiger charge is 2.22. The molecular weight excluding hydrogens is 328 g/mol. The van der Waals surface area contributed by atoms with E-state index in [1.165, 1.54) is 18.4 Å². The molecule has 0 radical (unpaired) electrons. The molecule has 0 aromatic heterocycles. The number of hydrogen-bond donors (Lipinski definition) is 1. The van der Waals surface area contributed by atoms with Crippen molar-refractivity contribution >= 4 is 15.9 Å². The summed E-state index contributed by atoms with van der Waals surface area (Å²) < 4.78 is 6.62. The molecule has 2 atom stereocenters. The maximum atomic E-state index is 5.51. The van der Waals surface area contributed by atoms with Gasteiger partial charge in [-0.25, -0.2) is 0 Å². The molecule has 3 nitrogen and oxygen atoms in total. The highest BCUT2D eigenvalue weighted by Crippen LogP contribution is 2.25. The van der Waals surface area contributed by atoms with E-state index in [1.807, 2.05) is 12.1 Å². The van der Waals surface area contributed by atoms with Gasteiger partial charge in [0.15, 0.2) is 0 Å². The standard InChI is InChI=1S/C17H27BrN2O/c1-4-13(2)16-12-20(9-5-8-19-16)11-14-10-15(18)6-7-17(14)21-3/h6-7,10,13,16,19H,4-5,8-9,11-12H2,1-3H3. The van der Waals surface area contributed by atoms with Crippen LogP contribution < -0.4 is 10.1 Å². The Balaban J connectivity index is 2.08. The lowest BCUT2D eigenvalue weighted by molar-refractivity contribution is 0.228. The lowest BCUT2D eigenvalue weighted by atomic mass is 9.99. The number of rotatable bonds is 5. The van der Waals surface area contributed by atoms with Crippen molar-refractivity contribution in [3.05, 3.63) is 28.2 Å². The summed E-state index contributed by atoms with van der Waals surface area (Å²) in [7, 11) is 1.75. The van der Waals surface area contributed by atoms with Gasteiger partial charge in [-0.2, -0.15) is 0 Å². The molecule has 0 saturated carbocycles. The third-order valence-electron chi connectivity index (χ3n) is 4.48. The molecule has 1 aliphatic rings. The zero-order valence-corrected chi connectivity index (χ0v) is 14.9. The van der Waals surface area contributed by atoms with Crippen LogP contribution in [0.2, 0.25) is 0 Å². The average molecular weight is 355 g/mol. The molecule has 0 amide bonds. The molecule has 1 N–H and O–H groups in total. The van der Waals surface area contributed by atoms with E-state index in [0.717, 1.165) is 42.3 Å². The Morgan fingerprint density at radius 2 is 2.29 bits per heavy atom. The molecule has 1 aromatic rings. The number of nitrogens with zero attached hydrogens (tertiary/aromatic N) is 1. The summed E-state index contributed by atoms with van der Waals surface area (Å²) in [5.41, 5.74) is 1.26. The van der Waals surface area contributed by atoms with Gasteiger partial charge >= 0.3 is 0 Å². The van der Waals surface area contributed by atoms with Crippen LogP contribution in [0.5, 0.6) is 5.75 Å². The van der Waals surface area contributed by atoms with Gasteiger partial charge < -0.3 is 10.1 Å². The minimum Gasteiger partial charge on any atom is -0.496 e. The molecule has 21 heavy (non-hydrogen) atoms. The first kappa shape index (κ1) is 16.8. The van der Waals surface area contributed by atoms with Crippen LogP contribution in [0, 0.1) is 5.92 Å². The van der Waals surface area contributed by atoms with Crippen LogP contribution in [-0.4, -0.2) is 37.7 Å². The van der Waals surface area contributed by atoms with Crippen molar-refractivity contribution in [2.75, 3.05) is 26.7 Å². The second kappa shape index (κ2) is 8.16. The second-order valence-electron chi connectivity index (χ2n) is 5.99. The molecule has 1 aliphatic heterocycles. The van der Waals surface area contributed by atoms with Crippen molar-refractivity contribution in [3.63, 3.8) is 0 Å². The Morgan fingerprint density at radius 3 is 3.00 bits per heavy atom. The number of nitrogens with one attached hydrogen (secondary N) is 1. The molecule has 2 rings (SSSR count). The van der Waals surface area contributed by atoms with Crippen LogP contribution in [0.1, 0.15) is 32.3 Å². The lowest BCUT2D eigenvalue weighted by Gasteiger charge is -2.28. The van der Waals surface area contributed by atoms with Gasteiger partial charge in [0.25, 0.3) is 0 Å². The fraction of sp³-hybridized carbons (Fsp3) is 0.647. The van der Waals surface area contributed by atoms with Crippen LogP contribution in [0.3, 0.4) is 0 Å². The topological polar surface area (TPSA) is 24.5 Å². The van der Waals surface area contributed by atoms with E-state index in [2.05, 4.69) is 46.1 Å². The molecule has 1 fully saturated rings. The molecule has 0 bridgehead atoms. The maximum Gasteiger partial charge on any atom is 0.123 e. The van der Waals surface area contributed by atoms with Gasteiger partial charge in [0.2, 0.25) is 0 Å². The fourth-order valence-electron chi connectivity index (χ4n) is 2.95. The largest absolute Gasteiger partial charge is 0.496 e. The van der Waals surface area contributed by atoms with Gasteiger partial charge in [-0.3, -0.25) is 4.90 Å². The Labute approximate surface area is 137 Å². The van der Waals surface area contributed by atoms with Gasteiger partial charge in [-0.1, -0.05) is 36.2 Å². The summed E-state index contributed by atoms with van der Waals surface area (Å²) in [5.74, 6) is 1.70. The van der Waals surface area contributed by atoms with Crippen molar-refractivity contribution in [2.45, 2.75) is 39.3 Å². The van der Waals surface area contributed by atoms with Crippen molar-refractivity contribution in [1.82, 2.24) is 10.2 Å². The third-order valence-corrected chi connectivity index (χ3v) is 4.97. The summed E-state index contributed by atoms with van der Waals surface area (Å²) in [5, 5.41) is 3.71. The smallest absolute Gasteiger partial charge is 0.123 e. The summed E-state index contributed by atoms with van der Waals surface area (Å²) in [6, 6.07) is 6.85. The van der Waals surface area contributed by atoms with E-state index < -0.39 is 0 Å². The number of halogens is 1. The molecule has 1 aromatic carbocycles. The maximum absolute atomic E-state index is 5.51. The van der Waals surface area contributed by atoms with Crippen LogP contribution in [0.25, 0.3) is 0 Å². The van der Waals surface area contributed by atoms with Gasteiger partial charge in [-0.15, -0.1) is 0 Å². The number of benzene rings is 1. The average Bonchev–Trinajstić information content (AvgIpc) is 2.72. The van der Waals surface area contributed by atoms with Crippen LogP contribution in [0.15, 0.2) is 22.7 Å². The number of methoxy groups -OCH3 is 1. The van der Waals surface area contributed by atoms with Crippen LogP contribution in [-0.2, 0) is 6.54 Å². The highest BCUT2D eigenvalue weighted by molar-refractivity contribution is 9.10. The minimum absolute atomic E-state index is 0.593. The van der Waals surface area contributed by atoms with Crippen molar-refractivity contribution in [2.24, 2.45) is 5.92 Å². The highest BCUT2D eigenvalue weighted by atomic mass is 79.9. The Hall–Kier alpha value is -0.580. The fourth-order valence-corrected chi connectivity index (χ4v) is 3.35. The Morgan fingerprint density at radius 1 is 1.48 bits per heavy atom. The van der Waals surface area contributed by atoms with E-state index in [-0.39, 0.29) is 0 Å². The first-order valence-electron chi connectivity index (χ1n) is 7.92. The quantitative estimate of drug-likeness (QED) is 0.872. The first-order chi connectivity index (χ1) is 10.1. The van der Waals surface area contributed by atoms with Crippen molar-refractivity contribution in [3.8, 4) is 5.75 Å². The van der Waals surface area contributed by atoms with E-state index in [1.54, 1.807) is 7.11 Å². The Bertz CT molecular complexity index is 452. The molecule has 2 unspecified atom stereocenters. The summed E-state index contributed by atoms with van der Waals surface area (Å²) in [6.45, 7) is 8.97. The Kier molecular flexibility index (Phi) is 6.52. The van der Waals surface area contributed by atoms with E-state index in [0.29, 0.717) is 6.04 Å². The SMILES string of the molecule is CCC(C)C1CN(Cc2cc(Br)ccc2OC)CCCN1. The van der Waals surface area contributed by atoms with E-state index in [9.17, 15) is 0 Å². The summed E-state index contributed by atoms with van der Waals surface area (Å²) in [4.78, 5) is 2.56. The monoisotopic (exact) mass is 354 g/mol. The zero-order chi connectivity index (χ0) is 15.2. The van der Waals surface area contributed by atoms with Crippen molar-refractivity contribution < 1.29 is 4.74 Å². The molecule has 0 spiro atoms. The zero-order valence-electron chi connectivity index (χ0n) is 13.4. The first-order valence-corrected chi connectivity index (χ1v) is 8.71. The predicted molar refractivity (Wildman–Crippen MR) is 91.8 cm³/mol. The minimum atomic E-state index is 0.593. The van der Waals surface area contributed by atoms with E-state index >= 15 is 0 Å². The van der Waals surface area contributed by atoms with Gasteiger partial charge in [0.05, 0.1) is 7.11 Å². The summed E-state index contributed by atoms with van der Waals surface area (Å²) in [6.07, 6.45) is 2.44. The van der Waals surface area contributed by atoms with Gasteiger partial charge in [-0.05, 0) is 43.6 Å². The molecule has 0 aliphatic carbocycles. The number of hydrogen-bond acceptors (Lipinski definition) is 3. The summed E-state index contributed by atoms with van der Waals surface area (Å²) >= 11 is 3.57. The molecule has 118 valence electrons. The molecule has 4 heteroatoms. The molecule has 1 heterocycles. The van der Waals surface area contributed by atoms with Crippen LogP contribution >= 0.6 is 15.9 Å². The van der Waals surface area contributed by atoms with Gasteiger partial charge in [0.1, 0.15) is 5.75 Å². The normalized spacial score (nSPS) is 21.8. The van der Waals surface area contributed by atoms with Crippen LogP contribution in [0.4, 0.5) is 0 Å². The molecule has 1 saturated heterocycles. The van der Waals surface area contributed by atoms with Gasteiger partial charge in [0, 0.05) is 29.2 Å². The lowest BCUT2D eigenvalue weighted by Crippen LogP contribution is -2.41. The predicted octanol–water partition coefficient (Wildman–Crippen LogP) is 3.67. The molecular formula is C17H27BrN2O. The number of ether oxygens (including phenoxy) is 1. The third kappa shape index (κ3) is 4.70. The second-order valence-corrected chi connectivity index (χ2v) is 6.91. The van der Waals surface area contributed by atoms with Crippen molar-refractivity contribution in [1.29, 1.82) is 0 Å². The van der Waals surface area contributed by atoms with E-state index in [4.69, 9.17) is 4.74 Å².